The van der Waals surface area contributed by atoms with Gasteiger partial charge in [0, 0.05) is 31.8 Å². The molecule has 0 spiro atoms. The highest BCUT2D eigenvalue weighted by Gasteiger charge is 2.37. The van der Waals surface area contributed by atoms with Crippen molar-refractivity contribution in [2.24, 2.45) is 10.9 Å². The lowest BCUT2D eigenvalue weighted by molar-refractivity contribution is -0.137. The maximum absolute atomic E-state index is 13.1. The van der Waals surface area contributed by atoms with Gasteiger partial charge in [-0.25, -0.2) is 0 Å². The Balaban J connectivity index is 1.71. The smallest absolute Gasteiger partial charge is 0.245 e. The minimum absolute atomic E-state index is 0.00851. The SMILES string of the molecule is CC(=O)N[C@H](C(=O)N1CCC[C@H]1C1=NC=C(c2ccc(C)cc2)C1)C(C)C. The molecule has 0 aromatic heterocycles. The molecule has 2 atom stereocenters. The van der Waals surface area contributed by atoms with E-state index in [1.165, 1.54) is 23.6 Å². The van der Waals surface area contributed by atoms with Crippen molar-refractivity contribution in [3.63, 3.8) is 0 Å². The van der Waals surface area contributed by atoms with Crippen LogP contribution in [0.5, 0.6) is 0 Å². The number of aryl methyl sites for hydroxylation is 1. The molecule has 0 radical (unpaired) electrons. The van der Waals surface area contributed by atoms with Crippen molar-refractivity contribution in [1.82, 2.24) is 10.2 Å². The third kappa shape index (κ3) is 4.29. The topological polar surface area (TPSA) is 61.8 Å². The van der Waals surface area contributed by atoms with Gasteiger partial charge in [0.25, 0.3) is 0 Å². The van der Waals surface area contributed by atoms with E-state index in [1.807, 2.05) is 24.9 Å². The molecular formula is C22H29N3O2. The quantitative estimate of drug-likeness (QED) is 0.868. The molecule has 1 saturated heterocycles. The van der Waals surface area contributed by atoms with Gasteiger partial charge in [0.1, 0.15) is 6.04 Å². The van der Waals surface area contributed by atoms with Crippen LogP contribution < -0.4 is 5.32 Å². The van der Waals surface area contributed by atoms with E-state index < -0.39 is 6.04 Å². The summed E-state index contributed by atoms with van der Waals surface area (Å²) in [6, 6.07) is 8.03. The first-order chi connectivity index (χ1) is 12.9. The van der Waals surface area contributed by atoms with Crippen LogP contribution in [0.15, 0.2) is 35.5 Å². The number of amides is 2. The summed E-state index contributed by atoms with van der Waals surface area (Å²) in [5.41, 5.74) is 4.69. The lowest BCUT2D eigenvalue weighted by atomic mass is 9.97. The van der Waals surface area contributed by atoms with Gasteiger partial charge in [-0.15, -0.1) is 0 Å². The number of likely N-dealkylation sites (tertiary alicyclic amines) is 1. The molecule has 0 aliphatic carbocycles. The van der Waals surface area contributed by atoms with Crippen LogP contribution in [0.2, 0.25) is 0 Å². The van der Waals surface area contributed by atoms with Crippen LogP contribution in [0.4, 0.5) is 0 Å². The van der Waals surface area contributed by atoms with Gasteiger partial charge in [0.05, 0.1) is 6.04 Å². The fourth-order valence-corrected chi connectivity index (χ4v) is 3.88. The van der Waals surface area contributed by atoms with Gasteiger partial charge >= 0.3 is 0 Å². The van der Waals surface area contributed by atoms with Gasteiger partial charge in [0.2, 0.25) is 11.8 Å². The van der Waals surface area contributed by atoms with Crippen LogP contribution in [-0.2, 0) is 9.59 Å². The predicted molar refractivity (Wildman–Crippen MR) is 108 cm³/mol. The van der Waals surface area contributed by atoms with Crippen molar-refractivity contribution in [3.05, 3.63) is 41.6 Å². The number of rotatable bonds is 5. The zero-order valence-electron chi connectivity index (χ0n) is 16.7. The van der Waals surface area contributed by atoms with E-state index in [1.54, 1.807) is 0 Å². The Morgan fingerprint density at radius 2 is 1.93 bits per heavy atom. The molecule has 2 aliphatic heterocycles. The van der Waals surface area contributed by atoms with Crippen molar-refractivity contribution in [3.8, 4) is 0 Å². The van der Waals surface area contributed by atoms with Gasteiger partial charge in [0.15, 0.2) is 0 Å². The number of carbonyl (C=O) groups excluding carboxylic acids is 2. The van der Waals surface area contributed by atoms with Crippen LogP contribution in [0.3, 0.4) is 0 Å². The van der Waals surface area contributed by atoms with Gasteiger partial charge in [-0.05, 0) is 36.8 Å². The molecule has 0 unspecified atom stereocenters. The molecule has 0 saturated carbocycles. The molecule has 1 fully saturated rings. The van der Waals surface area contributed by atoms with Crippen molar-refractivity contribution >= 4 is 23.1 Å². The summed E-state index contributed by atoms with van der Waals surface area (Å²) in [6.07, 6.45) is 4.63. The molecule has 2 heterocycles. The molecule has 3 rings (SSSR count). The number of carbonyl (C=O) groups is 2. The average Bonchev–Trinajstić information content (AvgIpc) is 3.28. The third-order valence-electron chi connectivity index (χ3n) is 5.39. The largest absolute Gasteiger partial charge is 0.344 e. The van der Waals surface area contributed by atoms with Crippen LogP contribution in [0.25, 0.3) is 5.57 Å². The van der Waals surface area contributed by atoms with Crippen molar-refractivity contribution in [1.29, 1.82) is 0 Å². The van der Waals surface area contributed by atoms with E-state index in [9.17, 15) is 9.59 Å². The first-order valence-corrected chi connectivity index (χ1v) is 9.77. The lowest BCUT2D eigenvalue weighted by Crippen LogP contribution is -2.53. The summed E-state index contributed by atoms with van der Waals surface area (Å²) in [5.74, 6) is -0.108. The molecule has 2 amide bonds. The van der Waals surface area contributed by atoms with Gasteiger partial charge in [-0.1, -0.05) is 43.7 Å². The Hall–Kier alpha value is -2.43. The standard InChI is InChI=1S/C22H29N3O2/c1-14(2)21(24-16(4)26)22(27)25-11-5-6-20(25)19-12-18(13-23-19)17-9-7-15(3)8-10-17/h7-10,13-14,20-21H,5-6,11-12H2,1-4H3,(H,24,26)/t20-,21-/m0/s1. The zero-order valence-corrected chi connectivity index (χ0v) is 16.7. The summed E-state index contributed by atoms with van der Waals surface area (Å²) in [5, 5.41) is 2.82. The highest BCUT2D eigenvalue weighted by molar-refractivity contribution is 6.03. The number of allylic oxidation sites excluding steroid dienone is 1. The van der Waals surface area contributed by atoms with Crippen molar-refractivity contribution in [2.75, 3.05) is 6.54 Å². The molecule has 144 valence electrons. The molecular weight excluding hydrogens is 338 g/mol. The Labute approximate surface area is 161 Å². The highest BCUT2D eigenvalue weighted by Crippen LogP contribution is 2.30. The number of nitrogens with zero attached hydrogens (tertiary/aromatic N) is 2. The number of hydrogen-bond donors (Lipinski definition) is 1. The minimum atomic E-state index is -0.477. The fraction of sp³-hybridized carbons (Fsp3) is 0.500. The normalized spacial score (nSPS) is 20.5. The molecule has 5 nitrogen and oxygen atoms in total. The van der Waals surface area contributed by atoms with Gasteiger partial charge in [-0.2, -0.15) is 0 Å². The lowest BCUT2D eigenvalue weighted by Gasteiger charge is -2.31. The van der Waals surface area contributed by atoms with E-state index in [-0.39, 0.29) is 23.8 Å². The Morgan fingerprint density at radius 3 is 2.56 bits per heavy atom. The summed E-state index contributed by atoms with van der Waals surface area (Å²) in [4.78, 5) is 31.2. The molecule has 1 aromatic carbocycles. The predicted octanol–water partition coefficient (Wildman–Crippen LogP) is 3.33. The number of hydrogen-bond acceptors (Lipinski definition) is 3. The van der Waals surface area contributed by atoms with Gasteiger partial charge < -0.3 is 10.2 Å². The molecule has 2 aliphatic rings. The molecule has 1 aromatic rings. The number of benzene rings is 1. The first kappa shape index (κ1) is 19.3. The Kier molecular flexibility index (Phi) is 5.78. The van der Waals surface area contributed by atoms with Crippen LogP contribution >= 0.6 is 0 Å². The minimum Gasteiger partial charge on any atom is -0.344 e. The maximum atomic E-state index is 13.1. The third-order valence-corrected chi connectivity index (χ3v) is 5.39. The summed E-state index contributed by atoms with van der Waals surface area (Å²) >= 11 is 0. The average molecular weight is 367 g/mol. The molecule has 0 bridgehead atoms. The highest BCUT2D eigenvalue weighted by atomic mass is 16.2. The second-order valence-electron chi connectivity index (χ2n) is 7.93. The zero-order chi connectivity index (χ0) is 19.6. The second-order valence-corrected chi connectivity index (χ2v) is 7.93. The van der Waals surface area contributed by atoms with Crippen molar-refractivity contribution in [2.45, 2.75) is 59.0 Å². The van der Waals surface area contributed by atoms with E-state index in [4.69, 9.17) is 0 Å². The van der Waals surface area contributed by atoms with E-state index in [0.29, 0.717) is 0 Å². The number of nitrogens with one attached hydrogen (secondary N) is 1. The summed E-state index contributed by atoms with van der Waals surface area (Å²) in [7, 11) is 0. The first-order valence-electron chi connectivity index (χ1n) is 9.77. The summed E-state index contributed by atoms with van der Waals surface area (Å²) in [6.45, 7) is 8.20. The van der Waals surface area contributed by atoms with Gasteiger partial charge in [-0.3, -0.25) is 14.6 Å². The second kappa shape index (κ2) is 8.07. The molecule has 5 heteroatoms. The number of aliphatic imine (C=N–C) groups is 1. The van der Waals surface area contributed by atoms with Crippen LogP contribution in [0.1, 0.15) is 51.2 Å². The fourth-order valence-electron chi connectivity index (χ4n) is 3.88. The molecule has 1 N–H and O–H groups in total. The Bertz CT molecular complexity index is 777. The molecule has 27 heavy (non-hydrogen) atoms. The van der Waals surface area contributed by atoms with Crippen molar-refractivity contribution < 1.29 is 9.59 Å². The van der Waals surface area contributed by atoms with E-state index >= 15 is 0 Å². The summed E-state index contributed by atoms with van der Waals surface area (Å²) < 4.78 is 0. The van der Waals surface area contributed by atoms with Crippen LogP contribution in [0, 0.1) is 12.8 Å². The Morgan fingerprint density at radius 1 is 1.22 bits per heavy atom. The van der Waals surface area contributed by atoms with E-state index in [2.05, 4.69) is 41.5 Å². The van der Waals surface area contributed by atoms with Crippen LogP contribution in [-0.4, -0.2) is 41.1 Å². The maximum Gasteiger partial charge on any atom is 0.245 e. The van der Waals surface area contributed by atoms with E-state index in [0.717, 1.165) is 31.5 Å². The monoisotopic (exact) mass is 367 g/mol.